The second kappa shape index (κ2) is 8.32. The highest BCUT2D eigenvalue weighted by Crippen LogP contribution is 2.32. The smallest absolute Gasteiger partial charge is 0.262 e. The third-order valence-corrected chi connectivity index (χ3v) is 6.46. The maximum atomic E-state index is 12.8. The van der Waals surface area contributed by atoms with Crippen molar-refractivity contribution >= 4 is 21.6 Å². The molecule has 2 aliphatic rings. The maximum Gasteiger partial charge on any atom is 0.262 e. The van der Waals surface area contributed by atoms with Crippen molar-refractivity contribution in [3.63, 3.8) is 0 Å². The monoisotopic (exact) mass is 416 g/mol. The molecule has 0 saturated carbocycles. The fourth-order valence-electron chi connectivity index (χ4n) is 3.58. The summed E-state index contributed by atoms with van der Waals surface area (Å²) in [5.41, 5.74) is 0.829. The van der Waals surface area contributed by atoms with E-state index in [1.54, 1.807) is 30.3 Å². The van der Waals surface area contributed by atoms with E-state index in [-0.39, 0.29) is 10.8 Å². The minimum absolute atomic E-state index is 0.0627. The molecule has 29 heavy (non-hydrogen) atoms. The van der Waals surface area contributed by atoms with Crippen LogP contribution in [0.25, 0.3) is 0 Å². The number of rotatable bonds is 4. The van der Waals surface area contributed by atoms with Crippen LogP contribution in [0, 0.1) is 0 Å². The van der Waals surface area contributed by atoms with Crippen LogP contribution in [-0.4, -0.2) is 45.5 Å². The summed E-state index contributed by atoms with van der Waals surface area (Å²) in [5, 5.41) is 0. The molecule has 0 spiro atoms. The molecule has 0 radical (unpaired) electrons. The van der Waals surface area contributed by atoms with Gasteiger partial charge < -0.3 is 14.4 Å². The van der Waals surface area contributed by atoms with Gasteiger partial charge in [-0.3, -0.25) is 9.52 Å². The summed E-state index contributed by atoms with van der Waals surface area (Å²) < 4.78 is 39.1. The molecule has 1 fully saturated rings. The van der Waals surface area contributed by atoms with Crippen LogP contribution in [0.2, 0.25) is 0 Å². The molecule has 154 valence electrons. The van der Waals surface area contributed by atoms with Crippen molar-refractivity contribution < 1.29 is 22.7 Å². The van der Waals surface area contributed by atoms with Gasteiger partial charge in [-0.1, -0.05) is 18.9 Å². The number of hydrogen-bond acceptors (Lipinski definition) is 5. The molecule has 8 heteroatoms. The van der Waals surface area contributed by atoms with Crippen LogP contribution in [0.3, 0.4) is 0 Å². The summed E-state index contributed by atoms with van der Waals surface area (Å²) in [6, 6.07) is 11.1. The van der Waals surface area contributed by atoms with Crippen molar-refractivity contribution in [2.45, 2.75) is 30.6 Å². The van der Waals surface area contributed by atoms with Gasteiger partial charge in [-0.25, -0.2) is 8.42 Å². The van der Waals surface area contributed by atoms with Crippen LogP contribution >= 0.6 is 0 Å². The molecule has 0 atom stereocenters. The first-order valence-corrected chi connectivity index (χ1v) is 11.3. The van der Waals surface area contributed by atoms with E-state index in [0.717, 1.165) is 38.8 Å². The number of benzene rings is 2. The zero-order valence-electron chi connectivity index (χ0n) is 16.1. The fraction of sp³-hybridized carbons (Fsp3) is 0.381. The zero-order chi connectivity index (χ0) is 20.3. The number of carbonyl (C=O) groups is 1. The second-order valence-electron chi connectivity index (χ2n) is 7.20. The first-order valence-electron chi connectivity index (χ1n) is 9.85. The number of fused-ring (bicyclic) bond motifs is 1. The molecule has 0 unspecified atom stereocenters. The van der Waals surface area contributed by atoms with E-state index >= 15 is 0 Å². The van der Waals surface area contributed by atoms with E-state index < -0.39 is 10.0 Å². The first kappa shape index (κ1) is 19.6. The molecule has 1 amide bonds. The summed E-state index contributed by atoms with van der Waals surface area (Å²) in [6.07, 6.45) is 4.28. The van der Waals surface area contributed by atoms with Gasteiger partial charge in [0, 0.05) is 30.4 Å². The minimum Gasteiger partial charge on any atom is -0.486 e. The van der Waals surface area contributed by atoms with Gasteiger partial charge in [0.2, 0.25) is 0 Å². The highest BCUT2D eigenvalue weighted by molar-refractivity contribution is 7.92. The van der Waals surface area contributed by atoms with E-state index in [1.807, 2.05) is 4.90 Å². The van der Waals surface area contributed by atoms with Crippen molar-refractivity contribution in [3.05, 3.63) is 48.0 Å². The van der Waals surface area contributed by atoms with Crippen molar-refractivity contribution in [2.75, 3.05) is 31.0 Å². The molecule has 2 aromatic rings. The summed E-state index contributed by atoms with van der Waals surface area (Å²) in [6.45, 7) is 2.30. The number of hydrogen-bond donors (Lipinski definition) is 1. The number of amides is 1. The maximum absolute atomic E-state index is 12.8. The van der Waals surface area contributed by atoms with Gasteiger partial charge >= 0.3 is 0 Å². The van der Waals surface area contributed by atoms with Gasteiger partial charge in [0.05, 0.1) is 4.90 Å². The number of nitrogens with one attached hydrogen (secondary N) is 1. The summed E-state index contributed by atoms with van der Waals surface area (Å²) >= 11 is 0. The van der Waals surface area contributed by atoms with E-state index in [9.17, 15) is 13.2 Å². The first-order chi connectivity index (χ1) is 14.0. The quantitative estimate of drug-likeness (QED) is 0.827. The molecule has 0 aliphatic carbocycles. The van der Waals surface area contributed by atoms with Gasteiger partial charge in [0.15, 0.2) is 11.5 Å². The summed E-state index contributed by atoms with van der Waals surface area (Å²) in [4.78, 5) is 14.7. The van der Waals surface area contributed by atoms with Gasteiger partial charge in [-0.05, 0) is 43.2 Å². The van der Waals surface area contributed by atoms with E-state index in [1.165, 1.54) is 12.1 Å². The standard InChI is InChI=1S/C21H24N2O5S/c24-21(23-10-3-1-2-4-11-23)16-6-5-7-17(14-16)22-29(25,26)18-8-9-19-20(15-18)28-13-12-27-19/h5-9,14-15,22H,1-4,10-13H2. The van der Waals surface area contributed by atoms with Crippen molar-refractivity contribution in [1.82, 2.24) is 4.90 Å². The largest absolute Gasteiger partial charge is 0.486 e. The van der Waals surface area contributed by atoms with Crippen LogP contribution < -0.4 is 14.2 Å². The molecule has 0 bridgehead atoms. The highest BCUT2D eigenvalue weighted by Gasteiger charge is 2.21. The van der Waals surface area contributed by atoms with Crippen LogP contribution in [0.4, 0.5) is 5.69 Å². The molecule has 1 N–H and O–H groups in total. The van der Waals surface area contributed by atoms with Crippen LogP contribution in [-0.2, 0) is 10.0 Å². The Kier molecular flexibility index (Phi) is 5.62. The Labute approximate surface area is 170 Å². The lowest BCUT2D eigenvalue weighted by molar-refractivity contribution is 0.0761. The summed E-state index contributed by atoms with van der Waals surface area (Å²) in [5.74, 6) is 0.872. The van der Waals surface area contributed by atoms with Crippen LogP contribution in [0.5, 0.6) is 11.5 Å². The molecule has 0 aromatic heterocycles. The Morgan fingerprint density at radius 1 is 0.897 bits per heavy atom. The van der Waals surface area contributed by atoms with E-state index in [4.69, 9.17) is 9.47 Å². The molecule has 1 saturated heterocycles. The normalized spacial score (nSPS) is 16.8. The number of anilines is 1. The van der Waals surface area contributed by atoms with E-state index in [2.05, 4.69) is 4.72 Å². The number of likely N-dealkylation sites (tertiary alicyclic amines) is 1. The molecule has 7 nitrogen and oxygen atoms in total. The molecular weight excluding hydrogens is 392 g/mol. The molecule has 4 rings (SSSR count). The molecular formula is C21H24N2O5S. The lowest BCUT2D eigenvalue weighted by Crippen LogP contribution is -2.31. The average molecular weight is 416 g/mol. The van der Waals surface area contributed by atoms with Gasteiger partial charge in [0.25, 0.3) is 15.9 Å². The van der Waals surface area contributed by atoms with Crippen LogP contribution in [0.15, 0.2) is 47.4 Å². The lowest BCUT2D eigenvalue weighted by Gasteiger charge is -2.21. The second-order valence-corrected chi connectivity index (χ2v) is 8.88. The number of nitrogens with zero attached hydrogens (tertiary/aromatic N) is 1. The van der Waals surface area contributed by atoms with Crippen molar-refractivity contribution in [3.8, 4) is 11.5 Å². The van der Waals surface area contributed by atoms with Crippen molar-refractivity contribution in [2.24, 2.45) is 0 Å². The molecule has 2 aromatic carbocycles. The Balaban J connectivity index is 1.53. The summed E-state index contributed by atoms with van der Waals surface area (Å²) in [7, 11) is -3.83. The van der Waals surface area contributed by atoms with Gasteiger partial charge in [-0.15, -0.1) is 0 Å². The topological polar surface area (TPSA) is 84.9 Å². The number of ether oxygens (including phenoxy) is 2. The van der Waals surface area contributed by atoms with E-state index in [0.29, 0.717) is 36.0 Å². The zero-order valence-corrected chi connectivity index (χ0v) is 16.9. The predicted octanol–water partition coefficient (Wildman–Crippen LogP) is 3.27. The Hall–Kier alpha value is -2.74. The highest BCUT2D eigenvalue weighted by atomic mass is 32.2. The lowest BCUT2D eigenvalue weighted by atomic mass is 10.1. The number of sulfonamides is 1. The minimum atomic E-state index is -3.83. The third kappa shape index (κ3) is 4.48. The average Bonchev–Trinajstić information content (AvgIpc) is 3.02. The Morgan fingerprint density at radius 3 is 2.38 bits per heavy atom. The SMILES string of the molecule is O=C(c1cccc(NS(=O)(=O)c2ccc3c(c2)OCCO3)c1)N1CCCCCC1. The predicted molar refractivity (Wildman–Crippen MR) is 109 cm³/mol. The van der Waals surface area contributed by atoms with Crippen LogP contribution in [0.1, 0.15) is 36.0 Å². The van der Waals surface area contributed by atoms with Crippen molar-refractivity contribution in [1.29, 1.82) is 0 Å². The fourth-order valence-corrected chi connectivity index (χ4v) is 4.64. The van der Waals surface area contributed by atoms with Gasteiger partial charge in [0.1, 0.15) is 13.2 Å². The molecule has 2 aliphatic heterocycles. The Bertz CT molecular complexity index is 998. The Morgan fingerprint density at radius 2 is 1.62 bits per heavy atom. The third-order valence-electron chi connectivity index (χ3n) is 5.08. The van der Waals surface area contributed by atoms with Gasteiger partial charge in [-0.2, -0.15) is 0 Å². The molecule has 2 heterocycles. The number of carbonyl (C=O) groups excluding carboxylic acids is 1.